The summed E-state index contributed by atoms with van der Waals surface area (Å²) in [6.45, 7) is 4.06. The Morgan fingerprint density at radius 3 is 2.79 bits per heavy atom. The number of rotatable bonds is 6. The number of urea groups is 1. The number of unbranched alkanes of at least 4 members (excludes halogenated alkanes) is 1. The van der Waals surface area contributed by atoms with E-state index in [0.29, 0.717) is 29.2 Å². The third-order valence-electron chi connectivity index (χ3n) is 3.72. The van der Waals surface area contributed by atoms with Gasteiger partial charge in [-0.2, -0.15) is 0 Å². The second kappa shape index (κ2) is 8.19. The molecule has 1 atom stereocenters. The smallest absolute Gasteiger partial charge is 0.338 e. The van der Waals surface area contributed by atoms with Crippen LogP contribution < -0.4 is 15.4 Å². The van der Waals surface area contributed by atoms with Gasteiger partial charge in [-0.15, -0.1) is 0 Å². The van der Waals surface area contributed by atoms with Crippen molar-refractivity contribution in [3.05, 3.63) is 39.5 Å². The molecule has 1 aliphatic rings. The SMILES string of the molecule is CCCCOC(=O)C1=C(C)NC(=O)N[C@@H]1c1cc(Br)ccc1OC. The number of methoxy groups -OCH3 is 1. The van der Waals surface area contributed by atoms with Crippen LogP contribution in [0.3, 0.4) is 0 Å². The zero-order chi connectivity index (χ0) is 17.7. The number of nitrogens with one attached hydrogen (secondary N) is 2. The molecule has 130 valence electrons. The van der Waals surface area contributed by atoms with Crippen molar-refractivity contribution in [1.82, 2.24) is 10.6 Å². The molecule has 0 aliphatic carbocycles. The van der Waals surface area contributed by atoms with Crippen LogP contribution in [0.1, 0.15) is 38.3 Å². The second-order valence-corrected chi connectivity index (χ2v) is 6.36. The minimum atomic E-state index is -0.639. The highest BCUT2D eigenvalue weighted by Crippen LogP contribution is 2.35. The molecule has 0 saturated carbocycles. The summed E-state index contributed by atoms with van der Waals surface area (Å²) in [5.74, 6) is 0.137. The van der Waals surface area contributed by atoms with Crippen molar-refractivity contribution in [2.24, 2.45) is 0 Å². The number of halogens is 1. The number of carbonyl (C=O) groups excluding carboxylic acids is 2. The van der Waals surface area contributed by atoms with Gasteiger partial charge in [-0.25, -0.2) is 9.59 Å². The lowest BCUT2D eigenvalue weighted by Gasteiger charge is -2.29. The quantitative estimate of drug-likeness (QED) is 0.570. The summed E-state index contributed by atoms with van der Waals surface area (Å²) in [7, 11) is 1.55. The number of ether oxygens (including phenoxy) is 2. The number of hydrogen-bond donors (Lipinski definition) is 2. The Balaban J connectivity index is 2.41. The third kappa shape index (κ3) is 4.08. The first-order valence-corrected chi connectivity index (χ1v) is 8.56. The van der Waals surface area contributed by atoms with Gasteiger partial charge in [-0.1, -0.05) is 29.3 Å². The summed E-state index contributed by atoms with van der Waals surface area (Å²) in [6.07, 6.45) is 1.73. The predicted octanol–water partition coefficient (Wildman–Crippen LogP) is 3.43. The maximum absolute atomic E-state index is 12.5. The van der Waals surface area contributed by atoms with Crippen LogP contribution >= 0.6 is 15.9 Å². The molecule has 6 nitrogen and oxygen atoms in total. The zero-order valence-electron chi connectivity index (χ0n) is 13.9. The molecule has 1 heterocycles. The van der Waals surface area contributed by atoms with Crippen molar-refractivity contribution in [2.75, 3.05) is 13.7 Å². The maximum atomic E-state index is 12.5. The molecule has 2 amide bonds. The Morgan fingerprint density at radius 2 is 2.12 bits per heavy atom. The average Bonchev–Trinajstić information content (AvgIpc) is 2.54. The van der Waals surface area contributed by atoms with E-state index in [1.54, 1.807) is 20.1 Å². The van der Waals surface area contributed by atoms with Crippen molar-refractivity contribution in [1.29, 1.82) is 0 Å². The van der Waals surface area contributed by atoms with Crippen LogP contribution in [0, 0.1) is 0 Å². The molecule has 1 aromatic carbocycles. The Labute approximate surface area is 149 Å². The fraction of sp³-hybridized carbons (Fsp3) is 0.412. The van der Waals surface area contributed by atoms with E-state index in [-0.39, 0.29) is 6.03 Å². The molecule has 2 rings (SSSR count). The Hall–Kier alpha value is -2.02. The molecule has 0 aromatic heterocycles. The highest BCUT2D eigenvalue weighted by molar-refractivity contribution is 9.10. The summed E-state index contributed by atoms with van der Waals surface area (Å²) in [5, 5.41) is 5.41. The van der Waals surface area contributed by atoms with Crippen LogP contribution in [0.5, 0.6) is 5.75 Å². The van der Waals surface area contributed by atoms with Gasteiger partial charge < -0.3 is 20.1 Å². The molecular formula is C17H21BrN2O4. The molecule has 0 radical (unpaired) electrons. The van der Waals surface area contributed by atoms with Crippen LogP contribution in [0.25, 0.3) is 0 Å². The molecule has 0 spiro atoms. The maximum Gasteiger partial charge on any atom is 0.338 e. The molecule has 0 saturated heterocycles. The Kier molecular flexibility index (Phi) is 6.25. The van der Waals surface area contributed by atoms with Crippen LogP contribution in [0.15, 0.2) is 33.9 Å². The van der Waals surface area contributed by atoms with E-state index in [2.05, 4.69) is 26.6 Å². The fourth-order valence-corrected chi connectivity index (χ4v) is 2.89. The lowest BCUT2D eigenvalue weighted by molar-refractivity contribution is -0.139. The van der Waals surface area contributed by atoms with E-state index in [1.807, 2.05) is 19.1 Å². The highest BCUT2D eigenvalue weighted by Gasteiger charge is 2.34. The minimum absolute atomic E-state index is 0.350. The summed E-state index contributed by atoms with van der Waals surface area (Å²) in [5.41, 5.74) is 1.54. The molecule has 1 aliphatic heterocycles. The van der Waals surface area contributed by atoms with Crippen molar-refractivity contribution in [3.63, 3.8) is 0 Å². The van der Waals surface area contributed by atoms with E-state index in [9.17, 15) is 9.59 Å². The molecule has 1 aromatic rings. The van der Waals surface area contributed by atoms with E-state index < -0.39 is 12.0 Å². The third-order valence-corrected chi connectivity index (χ3v) is 4.22. The van der Waals surface area contributed by atoms with Gasteiger partial charge in [0.2, 0.25) is 0 Å². The van der Waals surface area contributed by atoms with Crippen molar-refractivity contribution >= 4 is 27.9 Å². The first-order chi connectivity index (χ1) is 11.5. The van der Waals surface area contributed by atoms with Crippen molar-refractivity contribution in [3.8, 4) is 5.75 Å². The van der Waals surface area contributed by atoms with Crippen LogP contribution in [0.2, 0.25) is 0 Å². The monoisotopic (exact) mass is 396 g/mol. The Bertz CT molecular complexity index is 673. The van der Waals surface area contributed by atoms with Crippen LogP contribution in [-0.2, 0) is 9.53 Å². The average molecular weight is 397 g/mol. The number of benzene rings is 1. The van der Waals surface area contributed by atoms with Gasteiger partial charge in [-0.3, -0.25) is 0 Å². The highest BCUT2D eigenvalue weighted by atomic mass is 79.9. The molecule has 2 N–H and O–H groups in total. The van der Waals surface area contributed by atoms with E-state index in [4.69, 9.17) is 9.47 Å². The first-order valence-electron chi connectivity index (χ1n) is 7.76. The summed E-state index contributed by atoms with van der Waals surface area (Å²) >= 11 is 3.41. The van der Waals surface area contributed by atoms with Gasteiger partial charge in [0, 0.05) is 15.7 Å². The second-order valence-electron chi connectivity index (χ2n) is 5.45. The lowest BCUT2D eigenvalue weighted by Crippen LogP contribution is -2.45. The number of allylic oxidation sites excluding steroid dienone is 1. The summed E-state index contributed by atoms with van der Waals surface area (Å²) in [4.78, 5) is 24.4. The fourth-order valence-electron chi connectivity index (χ4n) is 2.52. The van der Waals surface area contributed by atoms with E-state index in [1.165, 1.54) is 0 Å². The number of hydrogen-bond acceptors (Lipinski definition) is 4. The van der Waals surface area contributed by atoms with Gasteiger partial charge in [-0.05, 0) is 31.5 Å². The standard InChI is InChI=1S/C17H21BrN2O4/c1-4-5-8-24-16(21)14-10(2)19-17(22)20-15(14)12-9-11(18)6-7-13(12)23-3/h6-7,9,15H,4-5,8H2,1-3H3,(H2,19,20,22)/t15-/m1/s1. The van der Waals surface area contributed by atoms with Crippen molar-refractivity contribution in [2.45, 2.75) is 32.7 Å². The van der Waals surface area contributed by atoms with E-state index in [0.717, 1.165) is 17.3 Å². The Morgan fingerprint density at radius 1 is 1.38 bits per heavy atom. The molecule has 0 bridgehead atoms. The number of amides is 2. The molecule has 0 fully saturated rings. The van der Waals surface area contributed by atoms with Gasteiger partial charge in [0.15, 0.2) is 0 Å². The van der Waals surface area contributed by atoms with Gasteiger partial charge >= 0.3 is 12.0 Å². The lowest BCUT2D eigenvalue weighted by atomic mass is 9.95. The summed E-state index contributed by atoms with van der Waals surface area (Å²) < 4.78 is 11.5. The normalized spacial score (nSPS) is 17.2. The number of esters is 1. The molecule has 24 heavy (non-hydrogen) atoms. The van der Waals surface area contributed by atoms with Crippen LogP contribution in [-0.4, -0.2) is 25.7 Å². The number of carbonyl (C=O) groups is 2. The molecule has 0 unspecified atom stereocenters. The topological polar surface area (TPSA) is 76.7 Å². The van der Waals surface area contributed by atoms with Crippen LogP contribution in [0.4, 0.5) is 4.79 Å². The van der Waals surface area contributed by atoms with Crippen molar-refractivity contribution < 1.29 is 19.1 Å². The van der Waals surface area contributed by atoms with Gasteiger partial charge in [0.25, 0.3) is 0 Å². The zero-order valence-corrected chi connectivity index (χ0v) is 15.5. The van der Waals surface area contributed by atoms with Gasteiger partial charge in [0.05, 0.1) is 25.3 Å². The molecular weight excluding hydrogens is 376 g/mol. The minimum Gasteiger partial charge on any atom is -0.496 e. The molecule has 7 heteroatoms. The van der Waals surface area contributed by atoms with E-state index >= 15 is 0 Å². The largest absolute Gasteiger partial charge is 0.496 e. The first kappa shape index (κ1) is 18.3. The summed E-state index contributed by atoms with van der Waals surface area (Å²) in [6, 6.07) is 4.43. The predicted molar refractivity (Wildman–Crippen MR) is 93.7 cm³/mol. The van der Waals surface area contributed by atoms with Gasteiger partial charge in [0.1, 0.15) is 5.75 Å².